The van der Waals surface area contributed by atoms with Crippen LogP contribution >= 0.6 is 0 Å². The molecule has 9 nitrogen and oxygen atoms in total. The SMILES string of the molecule is CCCCCCCCN(C(N)=O)c1ccc(S(=O)(=O)N2CCC(Nc3ccc(CC(OC)OC)cc3)CC2)cc1. The number of hydrogen-bond acceptors (Lipinski definition) is 6. The Morgan fingerprint density at radius 1 is 0.975 bits per heavy atom. The Hall–Kier alpha value is -2.66. The molecule has 0 aliphatic carbocycles. The predicted molar refractivity (Wildman–Crippen MR) is 160 cm³/mol. The zero-order chi connectivity index (χ0) is 29.0. The molecule has 0 saturated carbocycles. The van der Waals surface area contributed by atoms with Crippen molar-refractivity contribution in [2.24, 2.45) is 5.73 Å². The van der Waals surface area contributed by atoms with Gasteiger partial charge in [-0.1, -0.05) is 51.2 Å². The van der Waals surface area contributed by atoms with Crippen molar-refractivity contribution in [1.29, 1.82) is 0 Å². The molecule has 10 heteroatoms. The highest BCUT2D eigenvalue weighted by atomic mass is 32.2. The molecule has 1 aliphatic rings. The number of sulfonamides is 1. The van der Waals surface area contributed by atoms with E-state index >= 15 is 0 Å². The van der Waals surface area contributed by atoms with Crippen LogP contribution in [0.5, 0.6) is 0 Å². The monoisotopic (exact) mass is 574 g/mol. The number of carbonyl (C=O) groups excluding carboxylic acids is 1. The van der Waals surface area contributed by atoms with Crippen molar-refractivity contribution in [2.75, 3.05) is 44.1 Å². The number of benzene rings is 2. The third kappa shape index (κ3) is 9.19. The number of primary amides is 1. The van der Waals surface area contributed by atoms with E-state index in [9.17, 15) is 13.2 Å². The van der Waals surface area contributed by atoms with E-state index in [4.69, 9.17) is 15.2 Å². The van der Waals surface area contributed by atoms with Gasteiger partial charge < -0.3 is 20.5 Å². The molecular formula is C30H46N4O5S. The lowest BCUT2D eigenvalue weighted by Crippen LogP contribution is -2.42. The Labute approximate surface area is 240 Å². The highest BCUT2D eigenvalue weighted by Gasteiger charge is 2.29. The summed E-state index contributed by atoms with van der Waals surface area (Å²) in [7, 11) is -0.374. The molecule has 0 aromatic heterocycles. The summed E-state index contributed by atoms with van der Waals surface area (Å²) in [6, 6.07) is 14.3. The second-order valence-electron chi connectivity index (χ2n) is 10.4. The van der Waals surface area contributed by atoms with Gasteiger partial charge in [0.15, 0.2) is 6.29 Å². The molecule has 222 valence electrons. The summed E-state index contributed by atoms with van der Waals surface area (Å²) in [6.45, 7) is 3.59. The van der Waals surface area contributed by atoms with Gasteiger partial charge in [-0.2, -0.15) is 4.31 Å². The first-order valence-electron chi connectivity index (χ1n) is 14.4. The van der Waals surface area contributed by atoms with Crippen LogP contribution in [0.3, 0.4) is 0 Å². The third-order valence-electron chi connectivity index (χ3n) is 7.49. The first-order chi connectivity index (χ1) is 19.3. The van der Waals surface area contributed by atoms with Gasteiger partial charge in [0.2, 0.25) is 10.0 Å². The van der Waals surface area contributed by atoms with Gasteiger partial charge in [-0.15, -0.1) is 0 Å². The van der Waals surface area contributed by atoms with E-state index in [1.807, 2.05) is 24.3 Å². The van der Waals surface area contributed by atoms with Crippen LogP contribution in [0.15, 0.2) is 53.4 Å². The molecule has 0 spiro atoms. The molecule has 1 saturated heterocycles. The number of methoxy groups -OCH3 is 2. The Bertz CT molecular complexity index is 1130. The summed E-state index contributed by atoms with van der Waals surface area (Å²) in [5, 5.41) is 3.53. The van der Waals surface area contributed by atoms with Gasteiger partial charge in [-0.3, -0.25) is 4.90 Å². The standard InChI is InChI=1S/C30H46N4O5S/c1-4-5-6-7-8-9-20-34(30(31)35)27-14-16-28(17-15-27)40(36,37)33-21-18-26(19-22-33)32-25-12-10-24(11-13-25)23-29(38-2)39-3/h10-17,26,29,32H,4-9,18-23H2,1-3H3,(H2,31,35). The minimum atomic E-state index is -3.63. The van der Waals surface area contributed by atoms with Crippen LogP contribution in [0.2, 0.25) is 0 Å². The maximum Gasteiger partial charge on any atom is 0.319 e. The van der Waals surface area contributed by atoms with Gasteiger partial charge in [0.25, 0.3) is 0 Å². The number of nitrogens with one attached hydrogen (secondary N) is 1. The number of piperidine rings is 1. The fourth-order valence-corrected chi connectivity index (χ4v) is 6.50. The summed E-state index contributed by atoms with van der Waals surface area (Å²) in [4.78, 5) is 13.8. The van der Waals surface area contributed by atoms with Crippen LogP contribution in [0.1, 0.15) is 63.9 Å². The third-order valence-corrected chi connectivity index (χ3v) is 9.41. The second-order valence-corrected chi connectivity index (χ2v) is 12.3. The minimum absolute atomic E-state index is 0.191. The summed E-state index contributed by atoms with van der Waals surface area (Å²) >= 11 is 0. The van der Waals surface area contributed by atoms with Crippen LogP contribution in [-0.4, -0.2) is 64.9 Å². The van der Waals surface area contributed by atoms with Gasteiger partial charge in [0.05, 0.1) is 4.90 Å². The molecule has 1 aliphatic heterocycles. The van der Waals surface area contributed by atoms with E-state index < -0.39 is 16.1 Å². The van der Waals surface area contributed by atoms with E-state index in [0.29, 0.717) is 44.6 Å². The molecule has 0 bridgehead atoms. The van der Waals surface area contributed by atoms with Crippen molar-refractivity contribution in [2.45, 2.75) is 81.9 Å². The van der Waals surface area contributed by atoms with Crippen LogP contribution < -0.4 is 16.0 Å². The number of carbonyl (C=O) groups is 1. The van der Waals surface area contributed by atoms with Crippen molar-refractivity contribution in [3.8, 4) is 0 Å². The van der Waals surface area contributed by atoms with Crippen LogP contribution in [0, 0.1) is 0 Å². The fourth-order valence-electron chi connectivity index (χ4n) is 5.03. The summed E-state index contributed by atoms with van der Waals surface area (Å²) in [6.07, 6.45) is 8.48. The molecule has 2 amide bonds. The first kappa shape index (κ1) is 31.9. The molecule has 0 unspecified atom stereocenters. The Morgan fingerprint density at radius 2 is 1.57 bits per heavy atom. The van der Waals surface area contributed by atoms with Crippen molar-refractivity contribution in [1.82, 2.24) is 4.31 Å². The average Bonchev–Trinajstić information content (AvgIpc) is 2.96. The maximum atomic E-state index is 13.3. The van der Waals surface area contributed by atoms with Gasteiger partial charge in [-0.25, -0.2) is 13.2 Å². The summed E-state index contributed by atoms with van der Waals surface area (Å²) in [5.74, 6) is 0. The number of nitrogens with two attached hydrogens (primary N) is 1. The van der Waals surface area contributed by atoms with Gasteiger partial charge in [0.1, 0.15) is 0 Å². The summed E-state index contributed by atoms with van der Waals surface area (Å²) < 4.78 is 38.7. The quantitative estimate of drug-likeness (QED) is 0.206. The van der Waals surface area contributed by atoms with Crippen molar-refractivity contribution in [3.63, 3.8) is 0 Å². The van der Waals surface area contributed by atoms with Crippen LogP contribution in [0.4, 0.5) is 16.2 Å². The molecule has 40 heavy (non-hydrogen) atoms. The lowest BCUT2D eigenvalue weighted by Gasteiger charge is -2.32. The molecule has 0 radical (unpaired) electrons. The molecule has 1 fully saturated rings. The molecule has 1 heterocycles. The van der Waals surface area contributed by atoms with Crippen molar-refractivity contribution < 1.29 is 22.7 Å². The average molecular weight is 575 g/mol. The van der Waals surface area contributed by atoms with E-state index in [1.54, 1.807) is 42.8 Å². The van der Waals surface area contributed by atoms with Crippen molar-refractivity contribution in [3.05, 3.63) is 54.1 Å². The molecule has 2 aromatic rings. The lowest BCUT2D eigenvalue weighted by atomic mass is 10.1. The number of ether oxygens (including phenoxy) is 2. The Balaban J connectivity index is 1.51. The molecular weight excluding hydrogens is 528 g/mol. The molecule has 2 aromatic carbocycles. The summed E-state index contributed by atoms with van der Waals surface area (Å²) in [5.41, 5.74) is 8.37. The van der Waals surface area contributed by atoms with Crippen LogP contribution in [-0.2, 0) is 25.9 Å². The smallest absolute Gasteiger partial charge is 0.319 e. The largest absolute Gasteiger partial charge is 0.382 e. The first-order valence-corrected chi connectivity index (χ1v) is 15.8. The normalized spacial score (nSPS) is 14.9. The number of rotatable bonds is 16. The number of anilines is 2. The topological polar surface area (TPSA) is 114 Å². The Kier molecular flexibility index (Phi) is 12.7. The van der Waals surface area contributed by atoms with E-state index in [-0.39, 0.29) is 17.2 Å². The second kappa shape index (κ2) is 16.0. The highest BCUT2D eigenvalue weighted by molar-refractivity contribution is 7.89. The van der Waals surface area contributed by atoms with Gasteiger partial charge >= 0.3 is 6.03 Å². The number of hydrogen-bond donors (Lipinski definition) is 2. The highest BCUT2D eigenvalue weighted by Crippen LogP contribution is 2.25. The number of amides is 2. The van der Waals surface area contributed by atoms with E-state index in [0.717, 1.165) is 30.5 Å². The van der Waals surface area contributed by atoms with Gasteiger partial charge in [0, 0.05) is 57.7 Å². The van der Waals surface area contributed by atoms with E-state index in [1.165, 1.54) is 24.2 Å². The molecule has 3 rings (SSSR count). The number of urea groups is 1. The number of unbranched alkanes of at least 4 members (excludes halogenated alkanes) is 5. The van der Waals surface area contributed by atoms with Crippen LogP contribution in [0.25, 0.3) is 0 Å². The molecule has 0 atom stereocenters. The minimum Gasteiger partial charge on any atom is -0.382 e. The van der Waals surface area contributed by atoms with Gasteiger partial charge in [-0.05, 0) is 61.2 Å². The Morgan fingerprint density at radius 3 is 2.15 bits per heavy atom. The van der Waals surface area contributed by atoms with Crippen molar-refractivity contribution >= 4 is 27.4 Å². The molecule has 3 N–H and O–H groups in total. The number of nitrogens with zero attached hydrogens (tertiary/aromatic N) is 2. The predicted octanol–water partition coefficient (Wildman–Crippen LogP) is 5.36. The van der Waals surface area contributed by atoms with E-state index in [2.05, 4.69) is 12.2 Å². The lowest BCUT2D eigenvalue weighted by molar-refractivity contribution is -0.100. The zero-order valence-electron chi connectivity index (χ0n) is 24.2. The zero-order valence-corrected chi connectivity index (χ0v) is 25.0. The fraction of sp³-hybridized carbons (Fsp3) is 0.567. The maximum absolute atomic E-state index is 13.3.